The number of anilines is 1. The van der Waals surface area contributed by atoms with Crippen molar-refractivity contribution in [2.45, 2.75) is 18.4 Å². The van der Waals surface area contributed by atoms with Gasteiger partial charge in [-0.1, -0.05) is 42.5 Å². The molecule has 1 N–H and O–H groups in total. The first-order valence-electron chi connectivity index (χ1n) is 9.96. The maximum absolute atomic E-state index is 13.6. The number of aryl methyl sites for hydroxylation is 1. The van der Waals surface area contributed by atoms with Gasteiger partial charge in [-0.05, 0) is 42.3 Å². The van der Waals surface area contributed by atoms with Crippen LogP contribution >= 0.6 is 0 Å². The van der Waals surface area contributed by atoms with Crippen LogP contribution in [0.25, 0.3) is 0 Å². The van der Waals surface area contributed by atoms with Gasteiger partial charge in [-0.15, -0.1) is 0 Å². The maximum Gasteiger partial charge on any atom is 0.247 e. The van der Waals surface area contributed by atoms with Crippen LogP contribution in [0, 0.1) is 6.92 Å². The van der Waals surface area contributed by atoms with Crippen LogP contribution in [0.15, 0.2) is 77.7 Å². The lowest BCUT2D eigenvalue weighted by Crippen LogP contribution is -2.37. The Morgan fingerprint density at radius 2 is 1.69 bits per heavy atom. The summed E-state index contributed by atoms with van der Waals surface area (Å²) in [4.78, 5) is 12.7. The SMILES string of the molecule is COc1ccc(OC)c(S(=O)(=O)N(CC(=O)Nc2cccc(C)c2)Cc2ccccc2)c1. The molecule has 32 heavy (non-hydrogen) atoms. The number of ether oxygens (including phenoxy) is 2. The largest absolute Gasteiger partial charge is 0.497 e. The monoisotopic (exact) mass is 454 g/mol. The van der Waals surface area contributed by atoms with Crippen molar-refractivity contribution in [1.82, 2.24) is 4.31 Å². The predicted octanol–water partition coefficient (Wildman–Crippen LogP) is 3.84. The molecule has 0 aliphatic heterocycles. The molecule has 1 amide bonds. The summed E-state index contributed by atoms with van der Waals surface area (Å²) < 4.78 is 38.9. The molecule has 0 saturated heterocycles. The van der Waals surface area contributed by atoms with Crippen LogP contribution in [0.1, 0.15) is 11.1 Å². The van der Waals surface area contributed by atoms with Crippen LogP contribution in [0.4, 0.5) is 5.69 Å². The van der Waals surface area contributed by atoms with Crippen LogP contribution in [-0.2, 0) is 21.4 Å². The average molecular weight is 455 g/mol. The van der Waals surface area contributed by atoms with Crippen molar-refractivity contribution in [2.24, 2.45) is 0 Å². The Kier molecular flexibility index (Phi) is 7.50. The first-order chi connectivity index (χ1) is 15.3. The molecule has 0 heterocycles. The molecular weight excluding hydrogens is 428 g/mol. The lowest BCUT2D eigenvalue weighted by molar-refractivity contribution is -0.116. The molecule has 0 atom stereocenters. The summed E-state index contributed by atoms with van der Waals surface area (Å²) in [6.07, 6.45) is 0. The fourth-order valence-electron chi connectivity index (χ4n) is 3.22. The van der Waals surface area contributed by atoms with Crippen molar-refractivity contribution >= 4 is 21.6 Å². The third-order valence-corrected chi connectivity index (χ3v) is 6.63. The first kappa shape index (κ1) is 23.3. The third kappa shape index (κ3) is 5.66. The maximum atomic E-state index is 13.6. The number of nitrogens with zero attached hydrogens (tertiary/aromatic N) is 1. The van der Waals surface area contributed by atoms with Gasteiger partial charge < -0.3 is 14.8 Å². The molecule has 0 spiro atoms. The zero-order chi connectivity index (χ0) is 23.1. The van der Waals surface area contributed by atoms with Crippen molar-refractivity contribution in [3.63, 3.8) is 0 Å². The van der Waals surface area contributed by atoms with E-state index in [0.29, 0.717) is 11.4 Å². The van der Waals surface area contributed by atoms with Gasteiger partial charge in [0.25, 0.3) is 0 Å². The van der Waals surface area contributed by atoms with E-state index < -0.39 is 15.9 Å². The number of sulfonamides is 1. The quantitative estimate of drug-likeness (QED) is 0.531. The second-order valence-corrected chi connectivity index (χ2v) is 9.10. The fourth-order valence-corrected chi connectivity index (χ4v) is 4.78. The standard InChI is InChI=1S/C24H26N2O5S/c1-18-8-7-11-20(14-18)25-24(27)17-26(16-19-9-5-4-6-10-19)32(28,29)23-15-21(30-2)12-13-22(23)31-3/h4-15H,16-17H2,1-3H3,(H,25,27). The van der Waals surface area contributed by atoms with Crippen molar-refractivity contribution in [1.29, 1.82) is 0 Å². The van der Waals surface area contributed by atoms with Crippen LogP contribution in [0.3, 0.4) is 0 Å². The number of hydrogen-bond acceptors (Lipinski definition) is 5. The molecule has 168 valence electrons. The number of methoxy groups -OCH3 is 2. The zero-order valence-electron chi connectivity index (χ0n) is 18.2. The van der Waals surface area contributed by atoms with Crippen molar-refractivity contribution in [3.8, 4) is 11.5 Å². The summed E-state index contributed by atoms with van der Waals surface area (Å²) in [5.41, 5.74) is 2.34. The number of carbonyl (C=O) groups is 1. The summed E-state index contributed by atoms with van der Waals surface area (Å²) in [6.45, 7) is 1.56. The minimum absolute atomic E-state index is 0.0186. The molecule has 8 heteroatoms. The van der Waals surface area contributed by atoms with Gasteiger partial charge in [-0.2, -0.15) is 4.31 Å². The van der Waals surface area contributed by atoms with Crippen molar-refractivity contribution in [2.75, 3.05) is 26.1 Å². The van der Waals surface area contributed by atoms with E-state index in [1.807, 2.05) is 55.5 Å². The van der Waals surface area contributed by atoms with E-state index in [1.165, 1.54) is 26.4 Å². The highest BCUT2D eigenvalue weighted by atomic mass is 32.2. The van der Waals surface area contributed by atoms with Crippen molar-refractivity contribution < 1.29 is 22.7 Å². The number of rotatable bonds is 9. The van der Waals surface area contributed by atoms with E-state index in [1.54, 1.807) is 12.1 Å². The molecule has 3 rings (SSSR count). The second-order valence-electron chi connectivity index (χ2n) is 7.19. The molecule has 0 aromatic heterocycles. The molecule has 3 aromatic rings. The highest BCUT2D eigenvalue weighted by molar-refractivity contribution is 7.89. The Labute approximate surface area is 188 Å². The van der Waals surface area contributed by atoms with Gasteiger partial charge in [0.1, 0.15) is 16.4 Å². The van der Waals surface area contributed by atoms with E-state index in [-0.39, 0.29) is 23.7 Å². The zero-order valence-corrected chi connectivity index (χ0v) is 19.1. The lowest BCUT2D eigenvalue weighted by atomic mass is 10.2. The predicted molar refractivity (Wildman–Crippen MR) is 123 cm³/mol. The summed E-state index contributed by atoms with van der Waals surface area (Å²) in [7, 11) is -1.25. The van der Waals surface area contributed by atoms with E-state index >= 15 is 0 Å². The van der Waals surface area contributed by atoms with Gasteiger partial charge in [-0.3, -0.25) is 4.79 Å². The number of benzene rings is 3. The summed E-state index contributed by atoms with van der Waals surface area (Å²) in [5.74, 6) is 0.0909. The van der Waals surface area contributed by atoms with Crippen LogP contribution < -0.4 is 14.8 Å². The summed E-state index contributed by atoms with van der Waals surface area (Å²) >= 11 is 0. The van der Waals surface area contributed by atoms with E-state index in [4.69, 9.17) is 9.47 Å². The number of hydrogen-bond donors (Lipinski definition) is 1. The molecule has 0 saturated carbocycles. The Morgan fingerprint density at radius 3 is 2.34 bits per heavy atom. The van der Waals surface area contributed by atoms with Gasteiger partial charge in [0, 0.05) is 18.3 Å². The molecule has 7 nitrogen and oxygen atoms in total. The summed E-state index contributed by atoms with van der Waals surface area (Å²) in [6, 6.07) is 20.9. The minimum atomic E-state index is -4.10. The molecular formula is C24H26N2O5S. The Bertz CT molecular complexity index is 1180. The van der Waals surface area contributed by atoms with Gasteiger partial charge in [0.15, 0.2) is 0 Å². The lowest BCUT2D eigenvalue weighted by Gasteiger charge is -2.23. The summed E-state index contributed by atoms with van der Waals surface area (Å²) in [5, 5.41) is 2.77. The molecule has 0 unspecified atom stereocenters. The smallest absolute Gasteiger partial charge is 0.247 e. The highest BCUT2D eigenvalue weighted by Gasteiger charge is 2.30. The topological polar surface area (TPSA) is 84.9 Å². The molecule has 0 radical (unpaired) electrons. The Morgan fingerprint density at radius 1 is 0.938 bits per heavy atom. The number of nitrogens with one attached hydrogen (secondary N) is 1. The Balaban J connectivity index is 1.95. The molecule has 0 aliphatic rings. The van der Waals surface area contributed by atoms with Gasteiger partial charge in [0.05, 0.1) is 20.8 Å². The van der Waals surface area contributed by atoms with Gasteiger partial charge in [0.2, 0.25) is 15.9 Å². The van der Waals surface area contributed by atoms with Crippen LogP contribution in [-0.4, -0.2) is 39.4 Å². The highest BCUT2D eigenvalue weighted by Crippen LogP contribution is 2.31. The normalized spacial score (nSPS) is 11.2. The molecule has 0 fully saturated rings. The fraction of sp³-hybridized carbons (Fsp3) is 0.208. The average Bonchev–Trinajstić information content (AvgIpc) is 2.78. The van der Waals surface area contributed by atoms with E-state index in [9.17, 15) is 13.2 Å². The van der Waals surface area contributed by atoms with Gasteiger partial charge >= 0.3 is 0 Å². The third-order valence-electron chi connectivity index (χ3n) is 4.81. The van der Waals surface area contributed by atoms with E-state index in [0.717, 1.165) is 15.4 Å². The van der Waals surface area contributed by atoms with Crippen molar-refractivity contribution in [3.05, 3.63) is 83.9 Å². The second kappa shape index (κ2) is 10.3. The first-order valence-corrected chi connectivity index (χ1v) is 11.4. The van der Waals surface area contributed by atoms with Crippen LogP contribution in [0.5, 0.6) is 11.5 Å². The van der Waals surface area contributed by atoms with Crippen LogP contribution in [0.2, 0.25) is 0 Å². The van der Waals surface area contributed by atoms with Gasteiger partial charge in [-0.25, -0.2) is 8.42 Å². The van der Waals surface area contributed by atoms with E-state index in [2.05, 4.69) is 5.32 Å². The minimum Gasteiger partial charge on any atom is -0.497 e. The Hall–Kier alpha value is -3.36. The molecule has 0 aliphatic carbocycles. The number of carbonyl (C=O) groups excluding carboxylic acids is 1. The molecule has 0 bridgehead atoms. The number of amides is 1. The molecule has 3 aromatic carbocycles.